The van der Waals surface area contributed by atoms with Crippen LogP contribution in [0, 0.1) is 45.3 Å². The third kappa shape index (κ3) is 4.80. The Morgan fingerprint density at radius 2 is 1.65 bits per heavy atom. The first-order chi connectivity index (χ1) is 20.2. The van der Waals surface area contributed by atoms with E-state index in [4.69, 9.17) is 14.4 Å². The Bertz CT molecular complexity index is 1290. The van der Waals surface area contributed by atoms with Gasteiger partial charge in [-0.3, -0.25) is 0 Å². The molecular weight excluding hydrogens is 643 g/mol. The number of hydrogen-bond acceptors (Lipinski definition) is 3. The van der Waals surface area contributed by atoms with E-state index in [0.717, 1.165) is 23.7 Å². The first-order valence-corrected chi connectivity index (χ1v) is 21.2. The molecule has 1 aromatic rings. The summed E-state index contributed by atoms with van der Waals surface area (Å²) in [4.78, 5) is 14.4. The summed E-state index contributed by atoms with van der Waals surface area (Å²) in [6.07, 6.45) is 17.0. The van der Waals surface area contributed by atoms with Gasteiger partial charge in [-0.15, -0.1) is 0 Å². The SMILES string of the molecule is C=C(OI(C)C(C)(C)C)C12CCCC1C1CCC3C4(C)CC=C(c5ccc(C(=O)OC)cc5)CC4CCC3(C)[C@]1(C)CC2. The zero-order chi connectivity index (χ0) is 31.0. The molecule has 0 heterocycles. The van der Waals surface area contributed by atoms with Crippen LogP contribution < -0.4 is 0 Å². The van der Waals surface area contributed by atoms with Gasteiger partial charge in [0, 0.05) is 0 Å². The van der Waals surface area contributed by atoms with Gasteiger partial charge in [-0.1, -0.05) is 12.1 Å². The van der Waals surface area contributed by atoms with Crippen LogP contribution in [0.15, 0.2) is 42.7 Å². The second kappa shape index (κ2) is 10.9. The first-order valence-electron chi connectivity index (χ1n) is 17.1. The van der Waals surface area contributed by atoms with Gasteiger partial charge in [-0.05, 0) is 17.7 Å². The van der Waals surface area contributed by atoms with Crippen molar-refractivity contribution in [2.24, 2.45) is 45.3 Å². The summed E-state index contributed by atoms with van der Waals surface area (Å²) in [5.41, 5.74) is 4.74. The summed E-state index contributed by atoms with van der Waals surface area (Å²) in [5, 5.41) is 0. The van der Waals surface area contributed by atoms with Crippen molar-refractivity contribution in [3.8, 4) is 0 Å². The molecule has 5 aliphatic rings. The predicted octanol–water partition coefficient (Wildman–Crippen LogP) is 11.1. The molecular formula is C39H57IO3. The summed E-state index contributed by atoms with van der Waals surface area (Å²) in [7, 11) is 1.45. The van der Waals surface area contributed by atoms with Crippen molar-refractivity contribution in [1.82, 2.24) is 0 Å². The van der Waals surface area contributed by atoms with Crippen LogP contribution in [0.3, 0.4) is 0 Å². The van der Waals surface area contributed by atoms with Crippen molar-refractivity contribution in [3.05, 3.63) is 53.8 Å². The fraction of sp³-hybridized carbons (Fsp3) is 0.718. The average Bonchev–Trinajstić information content (AvgIpc) is 3.42. The van der Waals surface area contributed by atoms with E-state index in [9.17, 15) is 4.79 Å². The van der Waals surface area contributed by atoms with E-state index in [1.807, 2.05) is 12.1 Å². The Morgan fingerprint density at radius 3 is 2.33 bits per heavy atom. The van der Waals surface area contributed by atoms with E-state index >= 15 is 0 Å². The van der Waals surface area contributed by atoms with Crippen LogP contribution in [-0.2, 0) is 7.80 Å². The number of fused-ring (bicyclic) bond motifs is 7. The zero-order valence-corrected chi connectivity index (χ0v) is 30.4. The fourth-order valence-electron chi connectivity index (χ4n) is 11.3. The molecule has 0 N–H and O–H groups in total. The summed E-state index contributed by atoms with van der Waals surface area (Å²) in [5.74, 6) is 3.98. The molecule has 8 atom stereocenters. The van der Waals surface area contributed by atoms with Crippen LogP contribution in [-0.4, -0.2) is 21.4 Å². The monoisotopic (exact) mass is 700 g/mol. The van der Waals surface area contributed by atoms with Crippen LogP contribution in [0.2, 0.25) is 0 Å². The summed E-state index contributed by atoms with van der Waals surface area (Å²) >= 11 is -1.56. The van der Waals surface area contributed by atoms with Crippen molar-refractivity contribution >= 4 is 31.8 Å². The molecule has 43 heavy (non-hydrogen) atoms. The number of esters is 1. The number of rotatable bonds is 5. The van der Waals surface area contributed by atoms with Crippen LogP contribution in [0.1, 0.15) is 128 Å². The molecule has 4 fully saturated rings. The molecule has 0 amide bonds. The molecule has 238 valence electrons. The summed E-state index contributed by atoms with van der Waals surface area (Å²) < 4.78 is 12.1. The Labute approximate surface area is 270 Å². The van der Waals surface area contributed by atoms with E-state index < -0.39 is 20.2 Å². The maximum atomic E-state index is 12.0. The number of allylic oxidation sites excluding steroid dienone is 3. The minimum atomic E-state index is -1.56. The van der Waals surface area contributed by atoms with Gasteiger partial charge in [-0.25, -0.2) is 4.79 Å². The number of hydrogen-bond donors (Lipinski definition) is 0. The van der Waals surface area contributed by atoms with Gasteiger partial charge >= 0.3 is 219 Å². The van der Waals surface area contributed by atoms with Gasteiger partial charge in [0.05, 0.1) is 12.7 Å². The normalized spacial score (nSPS) is 40.7. The number of alkyl halides is 2. The molecule has 7 unspecified atom stereocenters. The van der Waals surface area contributed by atoms with Crippen LogP contribution in [0.5, 0.6) is 0 Å². The second-order valence-corrected chi connectivity index (χ2v) is 22.7. The Hall–Kier alpha value is -1.30. The fourth-order valence-corrected chi connectivity index (χ4v) is 13.2. The molecule has 3 nitrogen and oxygen atoms in total. The van der Waals surface area contributed by atoms with Crippen LogP contribution in [0.25, 0.3) is 5.57 Å². The van der Waals surface area contributed by atoms with E-state index in [-0.39, 0.29) is 14.8 Å². The summed E-state index contributed by atoms with van der Waals surface area (Å²) in [6, 6.07) is 8.10. The molecule has 0 aliphatic heterocycles. The standard InChI is InChI=1S/C39H57IO3/c1-26(43-40(8)35(2,3)4)39-20-10-11-32(39)31-16-17-33-36(5)21-18-29(27-12-14-28(15-13-27)34(41)42-9)25-30(36)19-22-38(33,7)37(31,6)23-24-39/h12-15,18,30-33H,1,10-11,16-17,19-25H2,2-9H3/t30?,31?,32?,33?,36?,37-,38?,39?/m1/s1. The molecule has 0 saturated heterocycles. The van der Waals surface area contributed by atoms with Gasteiger partial charge in [0.2, 0.25) is 0 Å². The summed E-state index contributed by atoms with van der Waals surface area (Å²) in [6.45, 7) is 19.9. The van der Waals surface area contributed by atoms with Crippen LogP contribution in [0.4, 0.5) is 0 Å². The average molecular weight is 701 g/mol. The predicted molar refractivity (Wildman–Crippen MR) is 187 cm³/mol. The number of halogens is 1. The van der Waals surface area contributed by atoms with Gasteiger partial charge < -0.3 is 4.74 Å². The molecule has 5 aliphatic carbocycles. The van der Waals surface area contributed by atoms with E-state index in [2.05, 4.69) is 64.7 Å². The van der Waals surface area contributed by atoms with Crippen molar-refractivity contribution in [2.45, 2.75) is 116 Å². The zero-order valence-electron chi connectivity index (χ0n) is 28.3. The van der Waals surface area contributed by atoms with Gasteiger partial charge in [0.25, 0.3) is 0 Å². The number of carbonyl (C=O) groups is 1. The topological polar surface area (TPSA) is 35.5 Å². The quantitative estimate of drug-likeness (QED) is 0.133. The van der Waals surface area contributed by atoms with E-state index in [1.165, 1.54) is 94.6 Å². The van der Waals surface area contributed by atoms with Crippen molar-refractivity contribution in [2.75, 3.05) is 12.0 Å². The van der Waals surface area contributed by atoms with Crippen LogP contribution >= 0.6 is 20.2 Å². The molecule has 6 rings (SSSR count). The molecule has 0 spiro atoms. The second-order valence-electron chi connectivity index (χ2n) is 16.7. The molecule has 4 saturated carbocycles. The Balaban J connectivity index is 1.24. The van der Waals surface area contributed by atoms with Gasteiger partial charge in [0.1, 0.15) is 0 Å². The van der Waals surface area contributed by atoms with Crippen molar-refractivity contribution < 1.29 is 12.6 Å². The number of methoxy groups -OCH3 is 1. The Morgan fingerprint density at radius 1 is 0.930 bits per heavy atom. The third-order valence-electron chi connectivity index (χ3n) is 14.3. The van der Waals surface area contributed by atoms with Crippen molar-refractivity contribution in [1.29, 1.82) is 0 Å². The number of ether oxygens (including phenoxy) is 1. The van der Waals surface area contributed by atoms with E-state index in [0.29, 0.717) is 21.8 Å². The molecule has 0 bridgehead atoms. The maximum absolute atomic E-state index is 12.0. The van der Waals surface area contributed by atoms with Gasteiger partial charge in [0.15, 0.2) is 0 Å². The first kappa shape index (κ1) is 31.7. The van der Waals surface area contributed by atoms with Gasteiger partial charge in [-0.2, -0.15) is 0 Å². The third-order valence-corrected chi connectivity index (χ3v) is 20.1. The van der Waals surface area contributed by atoms with E-state index in [1.54, 1.807) is 0 Å². The molecule has 4 heteroatoms. The molecule has 0 radical (unpaired) electrons. The molecule has 0 aromatic heterocycles. The van der Waals surface area contributed by atoms with Crippen molar-refractivity contribution in [3.63, 3.8) is 0 Å². The molecule has 1 aromatic carbocycles. The minimum absolute atomic E-state index is 0.220. The number of carbonyl (C=O) groups excluding carboxylic acids is 1. The Kier molecular flexibility index (Phi) is 8.03. The number of benzene rings is 1.